The van der Waals surface area contributed by atoms with Crippen molar-refractivity contribution in [1.29, 1.82) is 0 Å². The second kappa shape index (κ2) is 8.30. The zero-order chi connectivity index (χ0) is 20.2. The highest BCUT2D eigenvalue weighted by Gasteiger charge is 2.37. The van der Waals surface area contributed by atoms with Crippen molar-refractivity contribution in [3.63, 3.8) is 0 Å². The molecule has 0 radical (unpaired) electrons. The normalized spacial score (nSPS) is 16.7. The fraction of sp³-hybridized carbons (Fsp3) is 0.588. The maximum absolute atomic E-state index is 15.1. The van der Waals surface area contributed by atoms with Crippen LogP contribution in [0, 0.1) is 10.1 Å². The van der Waals surface area contributed by atoms with E-state index < -0.39 is 22.3 Å². The molecule has 1 aliphatic rings. The number of hydrogen-bond acceptors (Lipinski definition) is 7. The number of benzene rings is 1. The lowest BCUT2D eigenvalue weighted by Crippen LogP contribution is -2.48. The first-order valence-electron chi connectivity index (χ1n) is 8.59. The van der Waals surface area contributed by atoms with Crippen LogP contribution in [0.1, 0.15) is 33.6 Å². The first-order chi connectivity index (χ1) is 12.5. The Kier molecular flexibility index (Phi) is 6.53. The number of nitrogens with one attached hydrogen (secondary N) is 1. The van der Waals surface area contributed by atoms with Gasteiger partial charge in [0.25, 0.3) is 5.69 Å². The third-order valence-electron chi connectivity index (χ3n) is 4.21. The maximum Gasteiger partial charge on any atom is 0.410 e. The molecule has 1 heterocycles. The van der Waals surface area contributed by atoms with E-state index in [0.717, 1.165) is 11.9 Å². The van der Waals surface area contributed by atoms with Gasteiger partial charge in [0.05, 0.1) is 4.92 Å². The van der Waals surface area contributed by atoms with Gasteiger partial charge in [0.2, 0.25) is 0 Å². The number of hydrogen-bond donors (Lipinski definition) is 2. The largest absolute Gasteiger partial charge is 0.444 e. The number of amides is 1. The van der Waals surface area contributed by atoms with Crippen molar-refractivity contribution >= 4 is 29.4 Å². The number of nitro benzene ring substituents is 1. The van der Waals surface area contributed by atoms with E-state index >= 15 is 4.39 Å². The molecular weight excluding hydrogens is 375 g/mol. The molecule has 0 atom stereocenters. The molecule has 0 aliphatic carbocycles. The van der Waals surface area contributed by atoms with Crippen LogP contribution >= 0.6 is 11.9 Å². The van der Waals surface area contributed by atoms with Crippen LogP contribution in [-0.4, -0.2) is 46.8 Å². The number of carbonyl (C=O) groups is 1. The van der Waals surface area contributed by atoms with E-state index in [1.807, 2.05) is 0 Å². The summed E-state index contributed by atoms with van der Waals surface area (Å²) in [6.45, 7) is 5.72. The maximum atomic E-state index is 15.1. The summed E-state index contributed by atoms with van der Waals surface area (Å²) in [6.07, 6.45) is -0.198. The van der Waals surface area contributed by atoms with E-state index in [1.54, 1.807) is 26.8 Å². The molecule has 1 aliphatic heterocycles. The monoisotopic (exact) mass is 400 g/mol. The number of likely N-dealkylation sites (tertiary alicyclic amines) is 1. The van der Waals surface area contributed by atoms with Gasteiger partial charge in [-0.25, -0.2) is 9.18 Å². The van der Waals surface area contributed by atoms with Gasteiger partial charge >= 0.3 is 6.09 Å². The number of nitro groups is 1. The van der Waals surface area contributed by atoms with Crippen molar-refractivity contribution in [3.05, 3.63) is 28.3 Å². The minimum Gasteiger partial charge on any atom is -0.444 e. The summed E-state index contributed by atoms with van der Waals surface area (Å²) in [6, 6.07) is 4.51. The number of alkyl halides is 1. The van der Waals surface area contributed by atoms with E-state index in [-0.39, 0.29) is 43.9 Å². The zero-order valence-electron chi connectivity index (χ0n) is 15.7. The molecular formula is C17H25FN4O4S. The van der Waals surface area contributed by atoms with Crippen LogP contribution in [0.15, 0.2) is 23.1 Å². The Hall–Kier alpha value is -2.07. The molecule has 0 aromatic heterocycles. The lowest BCUT2D eigenvalue weighted by Gasteiger charge is -2.37. The third kappa shape index (κ3) is 5.96. The fourth-order valence-electron chi connectivity index (χ4n) is 2.73. The molecule has 27 heavy (non-hydrogen) atoms. The van der Waals surface area contributed by atoms with E-state index in [4.69, 9.17) is 9.88 Å². The third-order valence-corrected chi connectivity index (χ3v) is 4.73. The molecule has 0 bridgehead atoms. The molecule has 1 aromatic carbocycles. The highest BCUT2D eigenvalue weighted by atomic mass is 32.2. The summed E-state index contributed by atoms with van der Waals surface area (Å²) in [7, 11) is 0. The fourth-order valence-corrected chi connectivity index (χ4v) is 3.06. The van der Waals surface area contributed by atoms with Gasteiger partial charge in [0.1, 0.15) is 17.0 Å². The Morgan fingerprint density at radius 3 is 2.59 bits per heavy atom. The van der Waals surface area contributed by atoms with E-state index in [1.165, 1.54) is 17.0 Å². The molecule has 8 nitrogen and oxygen atoms in total. The summed E-state index contributed by atoms with van der Waals surface area (Å²) in [5.74, 6) is 0. The van der Waals surface area contributed by atoms with Gasteiger partial charge in [-0.2, -0.15) is 0 Å². The molecule has 1 fully saturated rings. The Labute approximate surface area is 161 Å². The molecule has 2 rings (SSSR count). The minimum absolute atomic E-state index is 0.0783. The molecule has 0 saturated carbocycles. The number of carbonyl (C=O) groups excluding carboxylic acids is 1. The number of anilines is 1. The molecule has 1 aromatic rings. The highest BCUT2D eigenvalue weighted by molar-refractivity contribution is 7.97. The second-order valence-corrected chi connectivity index (χ2v) is 8.23. The predicted molar refractivity (Wildman–Crippen MR) is 103 cm³/mol. The molecule has 1 saturated heterocycles. The first kappa shape index (κ1) is 21.2. The second-order valence-electron chi connectivity index (χ2n) is 7.53. The molecule has 3 N–H and O–H groups in total. The van der Waals surface area contributed by atoms with Crippen molar-refractivity contribution < 1.29 is 18.8 Å². The number of nitrogens with zero attached hydrogens (tertiary/aromatic N) is 2. The van der Waals surface area contributed by atoms with Gasteiger partial charge in [-0.05, 0) is 44.9 Å². The lowest BCUT2D eigenvalue weighted by atomic mass is 9.93. The quantitative estimate of drug-likeness (QED) is 0.440. The standard InChI is InChI=1S/C17H25FN4O4S/c1-16(2,3)26-15(23)21-8-6-17(18,7-9-21)11-20-13-5-4-12(27-19)10-14(13)22(24)25/h4-5,10,20H,6-9,11,19H2,1-3H3. The number of rotatable bonds is 5. The van der Waals surface area contributed by atoms with Gasteiger partial charge in [-0.15, -0.1) is 0 Å². The smallest absolute Gasteiger partial charge is 0.410 e. The SMILES string of the molecule is CC(C)(C)OC(=O)N1CCC(F)(CNc2ccc(SN)cc2[N+](=O)[O-])CC1. The van der Waals surface area contributed by atoms with Crippen molar-refractivity contribution in [2.24, 2.45) is 5.14 Å². The number of nitrogens with two attached hydrogens (primary N) is 1. The number of halogens is 1. The van der Waals surface area contributed by atoms with Gasteiger partial charge in [0, 0.05) is 43.4 Å². The van der Waals surface area contributed by atoms with Gasteiger partial charge in [-0.1, -0.05) is 0 Å². The molecule has 0 spiro atoms. The van der Waals surface area contributed by atoms with Gasteiger partial charge in [-0.3, -0.25) is 15.3 Å². The summed E-state index contributed by atoms with van der Waals surface area (Å²) in [4.78, 5) is 24.8. The molecule has 150 valence electrons. The van der Waals surface area contributed by atoms with Crippen LogP contribution in [0.25, 0.3) is 0 Å². The Bertz CT molecular complexity index is 703. The lowest BCUT2D eigenvalue weighted by molar-refractivity contribution is -0.384. The summed E-state index contributed by atoms with van der Waals surface area (Å²) < 4.78 is 20.4. The molecule has 1 amide bonds. The van der Waals surface area contributed by atoms with Crippen LogP contribution in [0.5, 0.6) is 0 Å². The summed E-state index contributed by atoms with van der Waals surface area (Å²) in [5.41, 5.74) is -2.08. The van der Waals surface area contributed by atoms with Crippen LogP contribution in [0.3, 0.4) is 0 Å². The van der Waals surface area contributed by atoms with E-state index in [0.29, 0.717) is 4.90 Å². The van der Waals surface area contributed by atoms with Crippen LogP contribution in [-0.2, 0) is 4.74 Å². The Balaban J connectivity index is 1.96. The van der Waals surface area contributed by atoms with E-state index in [2.05, 4.69) is 5.32 Å². The average molecular weight is 400 g/mol. The van der Waals surface area contributed by atoms with Gasteiger partial charge < -0.3 is 15.0 Å². The van der Waals surface area contributed by atoms with Crippen molar-refractivity contribution in [1.82, 2.24) is 4.90 Å². The average Bonchev–Trinajstić information content (AvgIpc) is 2.59. The van der Waals surface area contributed by atoms with Crippen molar-refractivity contribution in [2.45, 2.75) is 49.8 Å². The van der Waals surface area contributed by atoms with Crippen molar-refractivity contribution in [2.75, 3.05) is 25.0 Å². The van der Waals surface area contributed by atoms with Crippen LogP contribution in [0.2, 0.25) is 0 Å². The molecule has 10 heteroatoms. The zero-order valence-corrected chi connectivity index (χ0v) is 16.5. The van der Waals surface area contributed by atoms with Crippen molar-refractivity contribution in [3.8, 4) is 0 Å². The predicted octanol–water partition coefficient (Wildman–Crippen LogP) is 3.71. The number of ether oxygens (including phenoxy) is 1. The first-order valence-corrected chi connectivity index (χ1v) is 9.47. The van der Waals surface area contributed by atoms with Crippen LogP contribution in [0.4, 0.5) is 20.6 Å². The molecule has 0 unspecified atom stereocenters. The Morgan fingerprint density at radius 1 is 1.44 bits per heavy atom. The van der Waals surface area contributed by atoms with Crippen LogP contribution < -0.4 is 10.5 Å². The summed E-state index contributed by atoms with van der Waals surface area (Å²) >= 11 is 0.906. The van der Waals surface area contributed by atoms with E-state index in [9.17, 15) is 14.9 Å². The Morgan fingerprint density at radius 2 is 2.07 bits per heavy atom. The number of piperidine rings is 1. The minimum atomic E-state index is -1.56. The van der Waals surface area contributed by atoms with Gasteiger partial charge in [0.15, 0.2) is 0 Å². The summed E-state index contributed by atoms with van der Waals surface area (Å²) in [5, 5.41) is 19.5. The highest BCUT2D eigenvalue weighted by Crippen LogP contribution is 2.32. The topological polar surface area (TPSA) is 111 Å².